The second-order valence-electron chi connectivity index (χ2n) is 7.23. The normalized spacial score (nSPS) is 24.5. The Balaban J connectivity index is 1.55. The first-order valence-electron chi connectivity index (χ1n) is 9.42. The van der Waals surface area contributed by atoms with Crippen molar-refractivity contribution in [3.63, 3.8) is 0 Å². The van der Waals surface area contributed by atoms with Gasteiger partial charge in [-0.15, -0.1) is 0 Å². The first-order chi connectivity index (χ1) is 12.7. The number of anilines is 1. The van der Waals surface area contributed by atoms with Crippen LogP contribution >= 0.6 is 11.6 Å². The molecule has 6 nitrogen and oxygen atoms in total. The molecular formula is C19H25ClN4O2. The summed E-state index contributed by atoms with van der Waals surface area (Å²) in [6.07, 6.45) is 9.25. The van der Waals surface area contributed by atoms with Crippen LogP contribution in [0.4, 0.5) is 5.69 Å². The molecule has 2 fully saturated rings. The van der Waals surface area contributed by atoms with E-state index in [0.29, 0.717) is 17.2 Å². The number of nitrogens with one attached hydrogen (secondary N) is 1. The zero-order valence-electron chi connectivity index (χ0n) is 14.8. The van der Waals surface area contributed by atoms with Gasteiger partial charge in [0.1, 0.15) is 5.15 Å². The Hall–Kier alpha value is -1.63. The molecule has 2 N–H and O–H groups in total. The molecule has 3 heterocycles. The highest BCUT2D eigenvalue weighted by Gasteiger charge is 2.22. The zero-order chi connectivity index (χ0) is 17.9. The summed E-state index contributed by atoms with van der Waals surface area (Å²) in [5.74, 6) is 0. The van der Waals surface area contributed by atoms with E-state index in [0.717, 1.165) is 68.7 Å². The number of rotatable bonds is 4. The summed E-state index contributed by atoms with van der Waals surface area (Å²) >= 11 is 6.14. The van der Waals surface area contributed by atoms with Crippen LogP contribution in [-0.4, -0.2) is 45.2 Å². The van der Waals surface area contributed by atoms with Gasteiger partial charge in [0.05, 0.1) is 17.8 Å². The molecule has 1 aliphatic heterocycles. The lowest BCUT2D eigenvalue weighted by Crippen LogP contribution is -2.28. The van der Waals surface area contributed by atoms with Gasteiger partial charge in [-0.2, -0.15) is 5.10 Å². The van der Waals surface area contributed by atoms with E-state index in [4.69, 9.17) is 21.4 Å². The molecule has 0 atom stereocenters. The molecular weight excluding hydrogens is 352 g/mol. The molecule has 2 aliphatic rings. The fraction of sp³-hybridized carbons (Fsp3) is 0.579. The van der Waals surface area contributed by atoms with E-state index in [1.807, 2.05) is 23.0 Å². The molecule has 1 saturated heterocycles. The SMILES string of the molecule is OC1CCC(Nc2cc(Cl)ncc2-c2ccn(C3CCOCC3)n2)CC1. The van der Waals surface area contributed by atoms with E-state index >= 15 is 0 Å². The summed E-state index contributed by atoms with van der Waals surface area (Å²) in [7, 11) is 0. The van der Waals surface area contributed by atoms with Crippen LogP contribution in [0.3, 0.4) is 0 Å². The van der Waals surface area contributed by atoms with E-state index < -0.39 is 0 Å². The third-order valence-electron chi connectivity index (χ3n) is 5.38. The van der Waals surface area contributed by atoms with E-state index in [9.17, 15) is 5.11 Å². The van der Waals surface area contributed by atoms with Gasteiger partial charge in [-0.05, 0) is 50.7 Å². The average Bonchev–Trinajstić information content (AvgIpc) is 3.14. The van der Waals surface area contributed by atoms with Crippen molar-refractivity contribution in [2.45, 2.75) is 56.7 Å². The molecule has 140 valence electrons. The number of aliphatic hydroxyl groups excluding tert-OH is 1. The highest BCUT2D eigenvalue weighted by atomic mass is 35.5. The lowest BCUT2D eigenvalue weighted by atomic mass is 9.93. The number of aliphatic hydroxyl groups is 1. The van der Waals surface area contributed by atoms with E-state index in [1.165, 1.54) is 0 Å². The van der Waals surface area contributed by atoms with Crippen molar-refractivity contribution in [2.24, 2.45) is 0 Å². The minimum Gasteiger partial charge on any atom is -0.393 e. The Morgan fingerprint density at radius 3 is 2.69 bits per heavy atom. The summed E-state index contributed by atoms with van der Waals surface area (Å²) in [4.78, 5) is 4.26. The minimum absolute atomic E-state index is 0.163. The van der Waals surface area contributed by atoms with E-state index in [1.54, 1.807) is 6.20 Å². The lowest BCUT2D eigenvalue weighted by molar-refractivity contribution is 0.0663. The van der Waals surface area contributed by atoms with Crippen LogP contribution in [0.15, 0.2) is 24.5 Å². The van der Waals surface area contributed by atoms with Crippen LogP contribution in [0.5, 0.6) is 0 Å². The van der Waals surface area contributed by atoms with Gasteiger partial charge < -0.3 is 15.2 Å². The van der Waals surface area contributed by atoms with Gasteiger partial charge in [0, 0.05) is 42.9 Å². The molecule has 26 heavy (non-hydrogen) atoms. The number of ether oxygens (including phenoxy) is 1. The predicted octanol–water partition coefficient (Wildman–Crippen LogP) is 3.67. The zero-order valence-corrected chi connectivity index (χ0v) is 15.5. The molecule has 0 radical (unpaired) electrons. The largest absolute Gasteiger partial charge is 0.393 e. The van der Waals surface area contributed by atoms with E-state index in [-0.39, 0.29) is 6.10 Å². The maximum Gasteiger partial charge on any atom is 0.131 e. The van der Waals surface area contributed by atoms with Crippen molar-refractivity contribution >= 4 is 17.3 Å². The van der Waals surface area contributed by atoms with Crippen LogP contribution in [0.2, 0.25) is 5.15 Å². The van der Waals surface area contributed by atoms with Gasteiger partial charge in [0.25, 0.3) is 0 Å². The van der Waals surface area contributed by atoms with Crippen LogP contribution in [0.1, 0.15) is 44.6 Å². The first-order valence-corrected chi connectivity index (χ1v) is 9.80. The molecule has 0 aromatic carbocycles. The summed E-state index contributed by atoms with van der Waals surface area (Å²) in [5.41, 5.74) is 2.83. The Labute approximate surface area is 158 Å². The number of hydrogen-bond donors (Lipinski definition) is 2. The smallest absolute Gasteiger partial charge is 0.131 e. The molecule has 0 spiro atoms. The molecule has 0 bridgehead atoms. The first kappa shape index (κ1) is 17.8. The van der Waals surface area contributed by atoms with Crippen molar-refractivity contribution in [3.05, 3.63) is 29.7 Å². The van der Waals surface area contributed by atoms with Crippen molar-refractivity contribution in [2.75, 3.05) is 18.5 Å². The average molecular weight is 377 g/mol. The van der Waals surface area contributed by atoms with Gasteiger partial charge in [0.15, 0.2) is 0 Å². The van der Waals surface area contributed by atoms with Crippen molar-refractivity contribution in [1.29, 1.82) is 0 Å². The molecule has 1 saturated carbocycles. The summed E-state index contributed by atoms with van der Waals surface area (Å²) < 4.78 is 7.49. The van der Waals surface area contributed by atoms with Gasteiger partial charge >= 0.3 is 0 Å². The number of aromatic nitrogens is 3. The molecule has 1 aliphatic carbocycles. The van der Waals surface area contributed by atoms with Crippen LogP contribution < -0.4 is 5.32 Å². The standard InChI is InChI=1S/C19H25ClN4O2/c20-19-11-18(22-13-1-3-15(25)4-2-13)16(12-21-19)17-5-8-24(23-17)14-6-9-26-10-7-14/h5,8,11-15,25H,1-4,6-7,9-10H2,(H,21,22). The summed E-state index contributed by atoms with van der Waals surface area (Å²) in [6.45, 7) is 1.59. The Morgan fingerprint density at radius 1 is 1.15 bits per heavy atom. The minimum atomic E-state index is -0.163. The number of halogens is 1. The Bertz CT molecular complexity index is 737. The number of pyridine rings is 1. The maximum absolute atomic E-state index is 9.72. The maximum atomic E-state index is 9.72. The molecule has 2 aromatic rings. The molecule has 0 unspecified atom stereocenters. The third kappa shape index (κ3) is 4.03. The summed E-state index contributed by atoms with van der Waals surface area (Å²) in [5, 5.41) is 18.6. The van der Waals surface area contributed by atoms with Crippen LogP contribution in [0, 0.1) is 0 Å². The second kappa shape index (κ2) is 7.94. The van der Waals surface area contributed by atoms with Gasteiger partial charge in [-0.1, -0.05) is 11.6 Å². The Morgan fingerprint density at radius 2 is 1.92 bits per heavy atom. The Kier molecular flexibility index (Phi) is 5.43. The monoisotopic (exact) mass is 376 g/mol. The third-order valence-corrected chi connectivity index (χ3v) is 5.58. The van der Waals surface area contributed by atoms with Crippen LogP contribution in [0.25, 0.3) is 11.3 Å². The number of hydrogen-bond acceptors (Lipinski definition) is 5. The lowest BCUT2D eigenvalue weighted by Gasteiger charge is -2.27. The van der Waals surface area contributed by atoms with Gasteiger partial charge in [0.2, 0.25) is 0 Å². The van der Waals surface area contributed by atoms with Crippen molar-refractivity contribution in [3.8, 4) is 11.3 Å². The number of nitrogens with zero attached hydrogens (tertiary/aromatic N) is 3. The topological polar surface area (TPSA) is 72.2 Å². The van der Waals surface area contributed by atoms with Gasteiger partial charge in [-0.25, -0.2) is 4.98 Å². The van der Waals surface area contributed by atoms with Gasteiger partial charge in [-0.3, -0.25) is 4.68 Å². The summed E-state index contributed by atoms with van der Waals surface area (Å²) in [6, 6.07) is 4.65. The van der Waals surface area contributed by atoms with Crippen LogP contribution in [-0.2, 0) is 4.74 Å². The second-order valence-corrected chi connectivity index (χ2v) is 7.61. The molecule has 2 aromatic heterocycles. The highest BCUT2D eigenvalue weighted by Crippen LogP contribution is 2.32. The fourth-order valence-corrected chi connectivity index (χ4v) is 3.99. The highest BCUT2D eigenvalue weighted by molar-refractivity contribution is 6.29. The van der Waals surface area contributed by atoms with E-state index in [2.05, 4.69) is 10.3 Å². The van der Waals surface area contributed by atoms with Crippen molar-refractivity contribution < 1.29 is 9.84 Å². The quantitative estimate of drug-likeness (QED) is 0.796. The van der Waals surface area contributed by atoms with Crippen molar-refractivity contribution in [1.82, 2.24) is 14.8 Å². The fourth-order valence-electron chi connectivity index (χ4n) is 3.83. The predicted molar refractivity (Wildman–Crippen MR) is 101 cm³/mol. The molecule has 7 heteroatoms. The molecule has 4 rings (SSSR count). The molecule has 0 amide bonds.